The quantitative estimate of drug-likeness (QED) is 0.811. The molecule has 1 atom stereocenters. The molecule has 106 valence electrons. The molecule has 0 aromatic heterocycles. The number of nitrogens with zero attached hydrogens (tertiary/aromatic N) is 1. The molecule has 0 saturated carbocycles. The summed E-state index contributed by atoms with van der Waals surface area (Å²) in [5, 5.41) is 12.6. The summed E-state index contributed by atoms with van der Waals surface area (Å²) < 4.78 is 5.29. The maximum atomic E-state index is 11.7. The number of ether oxygens (including phenoxy) is 1. The van der Waals surface area contributed by atoms with E-state index in [1.165, 1.54) is 0 Å². The average molecular weight is 290 g/mol. The second-order valence-electron chi connectivity index (χ2n) is 4.69. The van der Waals surface area contributed by atoms with E-state index in [-0.39, 0.29) is 12.6 Å². The Morgan fingerprint density at radius 1 is 1.45 bits per heavy atom. The van der Waals surface area contributed by atoms with Crippen LogP contribution >= 0.6 is 11.8 Å². The molecule has 0 unspecified atom stereocenters. The molecular formula is C15H18N2O2S. The summed E-state index contributed by atoms with van der Waals surface area (Å²) in [7, 11) is 0. The molecule has 5 heteroatoms. The smallest absolute Gasteiger partial charge is 0.316 e. The van der Waals surface area contributed by atoms with E-state index < -0.39 is 0 Å². The number of nitriles is 1. The highest BCUT2D eigenvalue weighted by Gasteiger charge is 2.16. The van der Waals surface area contributed by atoms with Gasteiger partial charge in [0.1, 0.15) is 6.61 Å². The van der Waals surface area contributed by atoms with Crippen molar-refractivity contribution in [1.82, 2.24) is 5.32 Å². The highest BCUT2D eigenvalue weighted by molar-refractivity contribution is 8.00. The first-order valence-electron chi connectivity index (χ1n) is 6.71. The van der Waals surface area contributed by atoms with Gasteiger partial charge in [0.25, 0.3) is 0 Å². The zero-order valence-corrected chi connectivity index (χ0v) is 12.1. The van der Waals surface area contributed by atoms with Crippen molar-refractivity contribution < 1.29 is 9.53 Å². The lowest BCUT2D eigenvalue weighted by molar-refractivity contribution is -0.141. The largest absolute Gasteiger partial charge is 0.460 e. The minimum Gasteiger partial charge on any atom is -0.460 e. The third kappa shape index (κ3) is 4.55. The molecular weight excluding hydrogens is 272 g/mol. The number of esters is 1. The molecule has 0 amide bonds. The lowest BCUT2D eigenvalue weighted by atomic mass is 10.1. The second-order valence-corrected chi connectivity index (χ2v) is 5.98. The molecule has 0 spiro atoms. The van der Waals surface area contributed by atoms with Crippen LogP contribution in [0.2, 0.25) is 0 Å². The van der Waals surface area contributed by atoms with Crippen LogP contribution in [0, 0.1) is 11.3 Å². The van der Waals surface area contributed by atoms with Crippen LogP contribution in [0.1, 0.15) is 17.5 Å². The molecule has 0 bridgehead atoms. The van der Waals surface area contributed by atoms with Crippen molar-refractivity contribution in [1.29, 1.82) is 5.26 Å². The number of benzene rings is 1. The summed E-state index contributed by atoms with van der Waals surface area (Å²) in [6, 6.07) is 9.70. The monoisotopic (exact) mass is 290 g/mol. The van der Waals surface area contributed by atoms with E-state index in [2.05, 4.69) is 11.4 Å². The van der Waals surface area contributed by atoms with Crippen LogP contribution in [0.3, 0.4) is 0 Å². The van der Waals surface area contributed by atoms with Crippen LogP contribution in [-0.4, -0.2) is 30.1 Å². The van der Waals surface area contributed by atoms with Gasteiger partial charge in [-0.05, 0) is 24.1 Å². The normalized spacial score (nSPS) is 17.6. The fourth-order valence-electron chi connectivity index (χ4n) is 2.11. The second kappa shape index (κ2) is 7.93. The minimum absolute atomic E-state index is 0.186. The lowest BCUT2D eigenvalue weighted by Crippen LogP contribution is -2.14. The third-order valence-electron chi connectivity index (χ3n) is 3.23. The summed E-state index contributed by atoms with van der Waals surface area (Å²) in [5.41, 5.74) is 1.84. The predicted octanol–water partition coefficient (Wildman–Crippen LogP) is 1.89. The van der Waals surface area contributed by atoms with Crippen LogP contribution < -0.4 is 5.32 Å². The summed E-state index contributed by atoms with van der Waals surface area (Å²) in [6.07, 6.45) is 1.46. The Kier molecular flexibility index (Phi) is 5.90. The summed E-state index contributed by atoms with van der Waals surface area (Å²) in [5.74, 6) is 0.209. The number of nitrogens with one attached hydrogen (secondary N) is 1. The van der Waals surface area contributed by atoms with Crippen molar-refractivity contribution in [2.45, 2.75) is 24.7 Å². The van der Waals surface area contributed by atoms with E-state index in [1.807, 2.05) is 24.3 Å². The molecule has 1 heterocycles. The average Bonchev–Trinajstić information content (AvgIpc) is 2.98. The van der Waals surface area contributed by atoms with Gasteiger partial charge in [0.05, 0.1) is 18.2 Å². The zero-order chi connectivity index (χ0) is 14.2. The number of thioether (sulfide) groups is 1. The number of carbonyl (C=O) groups is 1. The molecule has 4 nitrogen and oxygen atoms in total. The van der Waals surface area contributed by atoms with Gasteiger partial charge in [-0.3, -0.25) is 4.79 Å². The van der Waals surface area contributed by atoms with Crippen molar-refractivity contribution in [2.75, 3.05) is 18.8 Å². The van der Waals surface area contributed by atoms with Gasteiger partial charge in [-0.25, -0.2) is 0 Å². The van der Waals surface area contributed by atoms with E-state index in [4.69, 9.17) is 10.00 Å². The Morgan fingerprint density at radius 3 is 2.95 bits per heavy atom. The van der Waals surface area contributed by atoms with Crippen molar-refractivity contribution in [3.63, 3.8) is 0 Å². The van der Waals surface area contributed by atoms with Gasteiger partial charge in [-0.15, -0.1) is 11.8 Å². The van der Waals surface area contributed by atoms with Gasteiger partial charge in [0.15, 0.2) is 0 Å². The fourth-order valence-corrected chi connectivity index (χ4v) is 3.09. The standard InChI is InChI=1S/C15H18N2O2S/c16-7-5-12-3-1-2-4-13(12)10-19-15(18)11-20-14-6-8-17-9-14/h1-4,14,17H,5-6,8-11H2/t14-/m0/s1. The predicted molar refractivity (Wildman–Crippen MR) is 79.3 cm³/mol. The van der Waals surface area contributed by atoms with Crippen molar-refractivity contribution in [3.05, 3.63) is 35.4 Å². The Morgan fingerprint density at radius 2 is 2.25 bits per heavy atom. The Balaban J connectivity index is 1.76. The number of hydrogen-bond acceptors (Lipinski definition) is 5. The Hall–Kier alpha value is -1.51. The van der Waals surface area contributed by atoms with Gasteiger partial charge in [-0.2, -0.15) is 5.26 Å². The highest BCUT2D eigenvalue weighted by Crippen LogP contribution is 2.18. The first-order valence-corrected chi connectivity index (χ1v) is 7.76. The molecule has 1 fully saturated rings. The minimum atomic E-state index is -0.186. The molecule has 1 aromatic carbocycles. The Labute approximate surface area is 123 Å². The third-order valence-corrected chi connectivity index (χ3v) is 4.50. The lowest BCUT2D eigenvalue weighted by Gasteiger charge is -2.10. The fraction of sp³-hybridized carbons (Fsp3) is 0.467. The summed E-state index contributed by atoms with van der Waals surface area (Å²) in [6.45, 7) is 2.26. The highest BCUT2D eigenvalue weighted by atomic mass is 32.2. The molecule has 0 radical (unpaired) electrons. The summed E-state index contributed by atoms with van der Waals surface area (Å²) >= 11 is 1.65. The molecule has 20 heavy (non-hydrogen) atoms. The molecule has 0 aliphatic carbocycles. The van der Waals surface area contributed by atoms with E-state index >= 15 is 0 Å². The van der Waals surface area contributed by atoms with Gasteiger partial charge >= 0.3 is 5.97 Å². The van der Waals surface area contributed by atoms with E-state index in [0.29, 0.717) is 17.4 Å². The van der Waals surface area contributed by atoms with Gasteiger partial charge < -0.3 is 10.1 Å². The van der Waals surface area contributed by atoms with Crippen LogP contribution in [0.4, 0.5) is 0 Å². The maximum absolute atomic E-state index is 11.7. The van der Waals surface area contributed by atoms with Gasteiger partial charge in [0, 0.05) is 11.8 Å². The van der Waals surface area contributed by atoms with Crippen LogP contribution in [0.25, 0.3) is 0 Å². The topological polar surface area (TPSA) is 62.1 Å². The van der Waals surface area contributed by atoms with Crippen molar-refractivity contribution in [2.24, 2.45) is 0 Å². The Bertz CT molecular complexity index is 493. The number of carbonyl (C=O) groups excluding carboxylic acids is 1. The molecule has 1 saturated heterocycles. The zero-order valence-electron chi connectivity index (χ0n) is 11.3. The van der Waals surface area contributed by atoms with Crippen LogP contribution in [0.15, 0.2) is 24.3 Å². The van der Waals surface area contributed by atoms with Gasteiger partial charge in [-0.1, -0.05) is 24.3 Å². The number of rotatable bonds is 6. The van der Waals surface area contributed by atoms with E-state index in [1.54, 1.807) is 11.8 Å². The SMILES string of the molecule is N#CCc1ccccc1COC(=O)CS[C@H]1CCNC1. The maximum Gasteiger partial charge on any atom is 0.316 e. The number of hydrogen-bond donors (Lipinski definition) is 1. The van der Waals surface area contributed by atoms with E-state index in [0.717, 1.165) is 30.6 Å². The molecule has 1 aliphatic heterocycles. The molecule has 2 rings (SSSR count). The van der Waals surface area contributed by atoms with Crippen LogP contribution in [-0.2, 0) is 22.6 Å². The first-order chi connectivity index (χ1) is 9.79. The van der Waals surface area contributed by atoms with Gasteiger partial charge in [0.2, 0.25) is 0 Å². The summed E-state index contributed by atoms with van der Waals surface area (Å²) in [4.78, 5) is 11.7. The van der Waals surface area contributed by atoms with Crippen LogP contribution in [0.5, 0.6) is 0 Å². The molecule has 1 N–H and O–H groups in total. The van der Waals surface area contributed by atoms with Crippen molar-refractivity contribution >= 4 is 17.7 Å². The van der Waals surface area contributed by atoms with E-state index in [9.17, 15) is 4.79 Å². The molecule has 1 aromatic rings. The first kappa shape index (κ1) is 14.9. The van der Waals surface area contributed by atoms with Crippen molar-refractivity contribution in [3.8, 4) is 6.07 Å². The molecule has 1 aliphatic rings.